The van der Waals surface area contributed by atoms with Crippen molar-refractivity contribution in [1.82, 2.24) is 0 Å². The zero-order valence-corrected chi connectivity index (χ0v) is 9.13. The molecule has 0 aromatic carbocycles. The van der Waals surface area contributed by atoms with E-state index >= 15 is 0 Å². The molecule has 0 spiro atoms. The summed E-state index contributed by atoms with van der Waals surface area (Å²) in [5.41, 5.74) is -1.06. The van der Waals surface area contributed by atoms with Crippen LogP contribution in [0.25, 0.3) is 0 Å². The van der Waals surface area contributed by atoms with Crippen molar-refractivity contribution in [2.45, 2.75) is 40.5 Å². The van der Waals surface area contributed by atoms with Gasteiger partial charge in [-0.2, -0.15) is 0 Å². The lowest BCUT2D eigenvalue weighted by molar-refractivity contribution is -0.147. The number of rotatable bonds is 4. The van der Waals surface area contributed by atoms with Gasteiger partial charge < -0.3 is 10.2 Å². The monoisotopic (exact) mass is 202 g/mol. The molecule has 0 amide bonds. The molecule has 0 aromatic heterocycles. The average Bonchev–Trinajstić information content (AvgIpc) is 1.78. The number of carboxylic acid groups (broad SMARTS) is 2. The Bertz CT molecular complexity index is 221. The van der Waals surface area contributed by atoms with Crippen LogP contribution in [-0.4, -0.2) is 22.2 Å². The SMILES string of the molecule is CC(C)(C)C(C)(CC(=O)O)CC(=O)O. The Hall–Kier alpha value is -1.06. The summed E-state index contributed by atoms with van der Waals surface area (Å²) in [5, 5.41) is 17.5. The van der Waals surface area contributed by atoms with Crippen LogP contribution in [-0.2, 0) is 9.59 Å². The van der Waals surface area contributed by atoms with E-state index in [4.69, 9.17) is 10.2 Å². The average molecular weight is 202 g/mol. The van der Waals surface area contributed by atoms with E-state index in [-0.39, 0.29) is 18.3 Å². The van der Waals surface area contributed by atoms with Gasteiger partial charge in [0.05, 0.1) is 12.8 Å². The predicted octanol–water partition coefficient (Wildman–Crippen LogP) is 1.99. The molecule has 0 aromatic rings. The van der Waals surface area contributed by atoms with Gasteiger partial charge in [0, 0.05) is 0 Å². The van der Waals surface area contributed by atoms with Crippen molar-refractivity contribution in [2.75, 3.05) is 0 Å². The fraction of sp³-hybridized carbons (Fsp3) is 0.800. The molecule has 0 aliphatic carbocycles. The normalized spacial score (nSPS) is 12.6. The van der Waals surface area contributed by atoms with Crippen molar-refractivity contribution in [3.8, 4) is 0 Å². The first kappa shape index (κ1) is 12.9. The van der Waals surface area contributed by atoms with E-state index < -0.39 is 17.4 Å². The van der Waals surface area contributed by atoms with Crippen molar-refractivity contribution >= 4 is 11.9 Å². The highest BCUT2D eigenvalue weighted by atomic mass is 16.4. The molecule has 0 unspecified atom stereocenters. The second-order valence-corrected chi connectivity index (χ2v) is 4.95. The summed E-state index contributed by atoms with van der Waals surface area (Å²) in [4.78, 5) is 21.3. The molecule has 0 heterocycles. The third-order valence-corrected chi connectivity index (χ3v) is 2.89. The Morgan fingerprint density at radius 3 is 1.36 bits per heavy atom. The largest absolute Gasteiger partial charge is 0.481 e. The summed E-state index contributed by atoms with van der Waals surface area (Å²) in [6.45, 7) is 7.28. The van der Waals surface area contributed by atoms with Gasteiger partial charge in [-0.3, -0.25) is 9.59 Å². The number of aliphatic carboxylic acids is 2. The van der Waals surface area contributed by atoms with Crippen molar-refractivity contribution in [3.63, 3.8) is 0 Å². The minimum Gasteiger partial charge on any atom is -0.481 e. The maximum atomic E-state index is 10.7. The van der Waals surface area contributed by atoms with Crippen LogP contribution in [0.1, 0.15) is 40.5 Å². The lowest BCUT2D eigenvalue weighted by Gasteiger charge is -2.39. The van der Waals surface area contributed by atoms with E-state index in [1.54, 1.807) is 6.92 Å². The highest BCUT2D eigenvalue weighted by Gasteiger charge is 2.41. The molecular weight excluding hydrogens is 184 g/mol. The number of carbonyl (C=O) groups is 2. The number of carboxylic acids is 2. The van der Waals surface area contributed by atoms with Gasteiger partial charge in [0.2, 0.25) is 0 Å². The molecule has 0 rings (SSSR count). The lowest BCUT2D eigenvalue weighted by Crippen LogP contribution is -2.37. The fourth-order valence-corrected chi connectivity index (χ4v) is 1.26. The molecule has 0 saturated carbocycles. The topological polar surface area (TPSA) is 74.6 Å². The van der Waals surface area contributed by atoms with Crippen molar-refractivity contribution in [2.24, 2.45) is 10.8 Å². The molecule has 0 saturated heterocycles. The molecule has 2 N–H and O–H groups in total. The van der Waals surface area contributed by atoms with E-state index in [1.165, 1.54) is 0 Å². The maximum Gasteiger partial charge on any atom is 0.303 e. The summed E-state index contributed by atoms with van der Waals surface area (Å²) in [6.07, 6.45) is -0.244. The number of hydrogen-bond acceptors (Lipinski definition) is 2. The molecular formula is C10H18O4. The van der Waals surface area contributed by atoms with Crippen LogP contribution in [0.15, 0.2) is 0 Å². The zero-order chi connectivity index (χ0) is 11.6. The highest BCUT2D eigenvalue weighted by Crippen LogP contribution is 2.44. The van der Waals surface area contributed by atoms with E-state index in [9.17, 15) is 9.59 Å². The number of hydrogen-bond donors (Lipinski definition) is 2. The first-order valence-electron chi connectivity index (χ1n) is 4.52. The Balaban J connectivity index is 4.85. The van der Waals surface area contributed by atoms with Crippen LogP contribution in [0.5, 0.6) is 0 Å². The predicted molar refractivity (Wildman–Crippen MR) is 52.1 cm³/mol. The summed E-state index contributed by atoms with van der Waals surface area (Å²) in [6, 6.07) is 0. The zero-order valence-electron chi connectivity index (χ0n) is 9.13. The summed E-state index contributed by atoms with van der Waals surface area (Å²) >= 11 is 0. The Morgan fingerprint density at radius 1 is 0.929 bits per heavy atom. The Morgan fingerprint density at radius 2 is 1.21 bits per heavy atom. The highest BCUT2D eigenvalue weighted by molar-refractivity contribution is 5.72. The van der Waals surface area contributed by atoms with E-state index in [2.05, 4.69) is 0 Å². The van der Waals surface area contributed by atoms with Gasteiger partial charge in [-0.25, -0.2) is 0 Å². The van der Waals surface area contributed by atoms with Crippen molar-refractivity contribution < 1.29 is 19.8 Å². The minimum absolute atomic E-state index is 0.122. The fourth-order valence-electron chi connectivity index (χ4n) is 1.26. The van der Waals surface area contributed by atoms with Crippen LogP contribution < -0.4 is 0 Å². The molecule has 0 radical (unpaired) electrons. The third kappa shape index (κ3) is 3.36. The second-order valence-electron chi connectivity index (χ2n) is 4.95. The van der Waals surface area contributed by atoms with Crippen LogP contribution in [0, 0.1) is 10.8 Å². The van der Waals surface area contributed by atoms with Crippen molar-refractivity contribution in [1.29, 1.82) is 0 Å². The van der Waals surface area contributed by atoms with Crippen molar-refractivity contribution in [3.05, 3.63) is 0 Å². The molecule has 0 bridgehead atoms. The van der Waals surface area contributed by atoms with Crippen LogP contribution >= 0.6 is 0 Å². The Labute approximate surface area is 83.9 Å². The summed E-state index contributed by atoms with van der Waals surface area (Å²) < 4.78 is 0. The van der Waals surface area contributed by atoms with Gasteiger partial charge in [0.25, 0.3) is 0 Å². The molecule has 82 valence electrons. The van der Waals surface area contributed by atoms with E-state index in [0.29, 0.717) is 0 Å². The maximum absolute atomic E-state index is 10.7. The van der Waals surface area contributed by atoms with Gasteiger partial charge in [-0.05, 0) is 10.8 Å². The smallest absolute Gasteiger partial charge is 0.303 e. The molecule has 4 heteroatoms. The summed E-state index contributed by atoms with van der Waals surface area (Å²) in [5.74, 6) is -1.91. The van der Waals surface area contributed by atoms with Crippen LogP contribution in [0.3, 0.4) is 0 Å². The first-order valence-corrected chi connectivity index (χ1v) is 4.52. The van der Waals surface area contributed by atoms with Gasteiger partial charge in [-0.1, -0.05) is 27.7 Å². The lowest BCUT2D eigenvalue weighted by atomic mass is 9.64. The molecule has 14 heavy (non-hydrogen) atoms. The third-order valence-electron chi connectivity index (χ3n) is 2.89. The second kappa shape index (κ2) is 3.98. The van der Waals surface area contributed by atoms with Gasteiger partial charge in [0.1, 0.15) is 0 Å². The van der Waals surface area contributed by atoms with E-state index in [1.807, 2.05) is 20.8 Å². The van der Waals surface area contributed by atoms with Gasteiger partial charge in [-0.15, -0.1) is 0 Å². The van der Waals surface area contributed by atoms with Gasteiger partial charge in [0.15, 0.2) is 0 Å². The standard InChI is InChI=1S/C10H18O4/c1-9(2,3)10(4,5-7(11)12)6-8(13)14/h5-6H2,1-4H3,(H,11,12)(H,13,14). The minimum atomic E-state index is -0.955. The Kier molecular flexibility index (Phi) is 3.68. The molecule has 0 fully saturated rings. The van der Waals surface area contributed by atoms with E-state index in [0.717, 1.165) is 0 Å². The van der Waals surface area contributed by atoms with Crippen LogP contribution in [0.4, 0.5) is 0 Å². The molecule has 0 atom stereocenters. The molecule has 0 aliphatic heterocycles. The van der Waals surface area contributed by atoms with Crippen LogP contribution in [0.2, 0.25) is 0 Å². The quantitative estimate of drug-likeness (QED) is 0.731. The first-order chi connectivity index (χ1) is 6.08. The van der Waals surface area contributed by atoms with Gasteiger partial charge >= 0.3 is 11.9 Å². The molecule has 4 nitrogen and oxygen atoms in total. The summed E-state index contributed by atoms with van der Waals surface area (Å²) in [7, 11) is 0. The molecule has 0 aliphatic rings.